The normalized spacial score (nSPS) is 17.4. The second-order valence-corrected chi connectivity index (χ2v) is 5.32. The van der Waals surface area contributed by atoms with Crippen LogP contribution in [0, 0.1) is 12.8 Å². The molecule has 0 spiro atoms. The number of aromatic nitrogens is 2. The maximum atomic E-state index is 4.37. The lowest BCUT2D eigenvalue weighted by Gasteiger charge is -2.22. The van der Waals surface area contributed by atoms with Crippen molar-refractivity contribution in [3.8, 4) is 0 Å². The molecule has 1 aliphatic carbocycles. The summed E-state index contributed by atoms with van der Waals surface area (Å²) in [6, 6.07) is 1.94. The SMILES string of the molecule is Cc1nc(Br)cc(NCC2CCCCC2)n1. The Balaban J connectivity index is 1.88. The topological polar surface area (TPSA) is 37.8 Å². The average molecular weight is 284 g/mol. The Kier molecular flexibility index (Phi) is 4.16. The van der Waals surface area contributed by atoms with E-state index in [2.05, 4.69) is 31.2 Å². The molecular weight excluding hydrogens is 266 g/mol. The Morgan fingerprint density at radius 1 is 1.31 bits per heavy atom. The minimum absolute atomic E-state index is 0.806. The maximum absolute atomic E-state index is 4.37. The summed E-state index contributed by atoms with van der Waals surface area (Å²) in [5.41, 5.74) is 0. The second-order valence-electron chi connectivity index (χ2n) is 4.51. The zero-order valence-electron chi connectivity index (χ0n) is 9.67. The smallest absolute Gasteiger partial charge is 0.130 e. The Hall–Kier alpha value is -0.640. The molecule has 1 saturated carbocycles. The number of hydrogen-bond acceptors (Lipinski definition) is 3. The fraction of sp³-hybridized carbons (Fsp3) is 0.667. The summed E-state index contributed by atoms with van der Waals surface area (Å²) < 4.78 is 0.853. The third-order valence-corrected chi connectivity index (χ3v) is 3.51. The van der Waals surface area contributed by atoms with E-state index in [0.717, 1.165) is 28.7 Å². The Labute approximate surface area is 105 Å². The van der Waals surface area contributed by atoms with Crippen LogP contribution in [0.5, 0.6) is 0 Å². The van der Waals surface area contributed by atoms with Gasteiger partial charge in [-0.15, -0.1) is 0 Å². The van der Waals surface area contributed by atoms with Gasteiger partial charge in [0.25, 0.3) is 0 Å². The molecule has 0 radical (unpaired) electrons. The van der Waals surface area contributed by atoms with Crippen LogP contribution in [0.4, 0.5) is 5.82 Å². The van der Waals surface area contributed by atoms with Gasteiger partial charge in [0, 0.05) is 12.6 Å². The van der Waals surface area contributed by atoms with Crippen molar-refractivity contribution in [2.75, 3.05) is 11.9 Å². The summed E-state index contributed by atoms with van der Waals surface area (Å²) in [7, 11) is 0. The highest BCUT2D eigenvalue weighted by Gasteiger charge is 2.13. The molecule has 0 unspecified atom stereocenters. The molecule has 4 heteroatoms. The van der Waals surface area contributed by atoms with Crippen molar-refractivity contribution in [3.05, 3.63) is 16.5 Å². The van der Waals surface area contributed by atoms with Gasteiger partial charge in [-0.1, -0.05) is 19.3 Å². The molecule has 0 aromatic carbocycles. The summed E-state index contributed by atoms with van der Waals surface area (Å²) >= 11 is 3.39. The van der Waals surface area contributed by atoms with Crippen molar-refractivity contribution in [1.29, 1.82) is 0 Å². The van der Waals surface area contributed by atoms with Crippen molar-refractivity contribution in [1.82, 2.24) is 9.97 Å². The molecule has 1 fully saturated rings. The predicted octanol–water partition coefficient (Wildman–Crippen LogP) is 3.54. The van der Waals surface area contributed by atoms with Gasteiger partial charge in [-0.3, -0.25) is 0 Å². The predicted molar refractivity (Wildman–Crippen MR) is 69.5 cm³/mol. The summed E-state index contributed by atoms with van der Waals surface area (Å²) in [5, 5.41) is 3.41. The van der Waals surface area contributed by atoms with Crippen molar-refractivity contribution < 1.29 is 0 Å². The van der Waals surface area contributed by atoms with Crippen LogP contribution in [-0.2, 0) is 0 Å². The van der Waals surface area contributed by atoms with Crippen molar-refractivity contribution in [2.24, 2.45) is 5.92 Å². The molecule has 88 valence electrons. The van der Waals surface area contributed by atoms with Gasteiger partial charge in [0.2, 0.25) is 0 Å². The lowest BCUT2D eigenvalue weighted by atomic mass is 9.89. The minimum Gasteiger partial charge on any atom is -0.370 e. The van der Waals surface area contributed by atoms with Crippen LogP contribution in [0.25, 0.3) is 0 Å². The number of hydrogen-bond donors (Lipinski definition) is 1. The molecule has 0 amide bonds. The van der Waals surface area contributed by atoms with Crippen LogP contribution < -0.4 is 5.32 Å². The van der Waals surface area contributed by atoms with E-state index in [1.807, 2.05) is 13.0 Å². The van der Waals surface area contributed by atoms with Crippen molar-refractivity contribution in [2.45, 2.75) is 39.0 Å². The van der Waals surface area contributed by atoms with Gasteiger partial charge in [0.1, 0.15) is 16.2 Å². The van der Waals surface area contributed by atoms with Gasteiger partial charge < -0.3 is 5.32 Å². The number of anilines is 1. The molecular formula is C12H18BrN3. The highest BCUT2D eigenvalue weighted by molar-refractivity contribution is 9.10. The summed E-state index contributed by atoms with van der Waals surface area (Å²) in [4.78, 5) is 8.56. The molecule has 1 aromatic rings. The summed E-state index contributed by atoms with van der Waals surface area (Å²) in [6.07, 6.45) is 6.91. The first-order valence-corrected chi connectivity index (χ1v) is 6.78. The second kappa shape index (κ2) is 5.62. The third-order valence-electron chi connectivity index (χ3n) is 3.10. The molecule has 0 aliphatic heterocycles. The van der Waals surface area contributed by atoms with E-state index < -0.39 is 0 Å². The molecule has 1 N–H and O–H groups in total. The van der Waals surface area contributed by atoms with Crippen LogP contribution >= 0.6 is 15.9 Å². The van der Waals surface area contributed by atoms with Gasteiger partial charge in [-0.2, -0.15) is 0 Å². The average Bonchev–Trinajstić information content (AvgIpc) is 2.27. The van der Waals surface area contributed by atoms with E-state index in [9.17, 15) is 0 Å². The number of halogens is 1. The van der Waals surface area contributed by atoms with E-state index >= 15 is 0 Å². The summed E-state index contributed by atoms with van der Waals surface area (Å²) in [6.45, 7) is 2.96. The molecule has 0 atom stereocenters. The third kappa shape index (κ3) is 3.44. The van der Waals surface area contributed by atoms with Crippen molar-refractivity contribution in [3.63, 3.8) is 0 Å². The monoisotopic (exact) mass is 283 g/mol. The molecule has 16 heavy (non-hydrogen) atoms. The fourth-order valence-corrected chi connectivity index (χ4v) is 2.74. The van der Waals surface area contributed by atoms with Crippen LogP contribution in [0.15, 0.2) is 10.7 Å². The number of rotatable bonds is 3. The molecule has 3 nitrogen and oxygen atoms in total. The molecule has 1 heterocycles. The fourth-order valence-electron chi connectivity index (χ4n) is 2.26. The van der Waals surface area contributed by atoms with E-state index in [1.54, 1.807) is 0 Å². The van der Waals surface area contributed by atoms with Gasteiger partial charge in [0.15, 0.2) is 0 Å². The highest BCUT2D eigenvalue weighted by atomic mass is 79.9. The molecule has 0 saturated heterocycles. The lowest BCUT2D eigenvalue weighted by Crippen LogP contribution is -2.17. The molecule has 1 aliphatic rings. The number of nitrogens with zero attached hydrogens (tertiary/aromatic N) is 2. The van der Waals surface area contributed by atoms with Crippen LogP contribution in [0.1, 0.15) is 37.9 Å². The molecule has 0 bridgehead atoms. The van der Waals surface area contributed by atoms with Gasteiger partial charge in [0.05, 0.1) is 0 Å². The number of nitrogens with one attached hydrogen (secondary N) is 1. The van der Waals surface area contributed by atoms with Crippen LogP contribution in [0.2, 0.25) is 0 Å². The van der Waals surface area contributed by atoms with Crippen LogP contribution in [-0.4, -0.2) is 16.5 Å². The first-order chi connectivity index (χ1) is 7.74. The molecule has 2 rings (SSSR count). The largest absolute Gasteiger partial charge is 0.370 e. The Bertz CT molecular complexity index is 328. The first-order valence-electron chi connectivity index (χ1n) is 5.99. The van der Waals surface area contributed by atoms with Crippen molar-refractivity contribution >= 4 is 21.7 Å². The van der Waals surface area contributed by atoms with Crippen LogP contribution in [0.3, 0.4) is 0 Å². The minimum atomic E-state index is 0.806. The first kappa shape index (κ1) is 11.8. The Morgan fingerprint density at radius 2 is 2.06 bits per heavy atom. The summed E-state index contributed by atoms with van der Waals surface area (Å²) in [5.74, 6) is 2.56. The lowest BCUT2D eigenvalue weighted by molar-refractivity contribution is 0.373. The molecule has 1 aromatic heterocycles. The zero-order chi connectivity index (χ0) is 11.4. The van der Waals surface area contributed by atoms with E-state index in [4.69, 9.17) is 0 Å². The van der Waals surface area contributed by atoms with Gasteiger partial charge in [-0.25, -0.2) is 9.97 Å². The van der Waals surface area contributed by atoms with Gasteiger partial charge >= 0.3 is 0 Å². The van der Waals surface area contributed by atoms with E-state index in [0.29, 0.717) is 0 Å². The Morgan fingerprint density at radius 3 is 2.75 bits per heavy atom. The van der Waals surface area contributed by atoms with E-state index in [1.165, 1.54) is 32.1 Å². The zero-order valence-corrected chi connectivity index (χ0v) is 11.3. The van der Waals surface area contributed by atoms with E-state index in [-0.39, 0.29) is 0 Å². The van der Waals surface area contributed by atoms with Gasteiger partial charge in [-0.05, 0) is 41.6 Å². The highest BCUT2D eigenvalue weighted by Crippen LogP contribution is 2.24. The number of aryl methyl sites for hydroxylation is 1. The maximum Gasteiger partial charge on any atom is 0.130 e. The standard InChI is InChI=1S/C12H18BrN3/c1-9-15-11(13)7-12(16-9)14-8-10-5-3-2-4-6-10/h7,10H,2-6,8H2,1H3,(H,14,15,16). The quantitative estimate of drug-likeness (QED) is 0.863.